The highest BCUT2D eigenvalue weighted by Crippen LogP contribution is 2.16. The van der Waals surface area contributed by atoms with Gasteiger partial charge in [0.2, 0.25) is 0 Å². The molecule has 0 saturated carbocycles. The Morgan fingerprint density at radius 3 is 2.19 bits per heavy atom. The van der Waals surface area contributed by atoms with Gasteiger partial charge in [-0.1, -0.05) is 39.8 Å². The molecule has 1 aromatic rings. The number of nitrogens with one attached hydrogen (secondary N) is 1. The molecule has 118 valence electrons. The standard InChI is InChI=1S/C17H29N3O/c1-12(2)10-20(11-13(3)4)17(21)19-16-8-6-7-15(9-16)14(5)18/h6-9,12-14H,10-11,18H2,1-5H3,(H,19,21). The molecule has 0 saturated heterocycles. The van der Waals surface area contributed by atoms with Gasteiger partial charge in [0.05, 0.1) is 0 Å². The lowest BCUT2D eigenvalue weighted by Crippen LogP contribution is -2.39. The maximum Gasteiger partial charge on any atom is 0.321 e. The Labute approximate surface area is 128 Å². The van der Waals surface area contributed by atoms with Crippen molar-refractivity contribution in [3.63, 3.8) is 0 Å². The monoisotopic (exact) mass is 291 g/mol. The summed E-state index contributed by atoms with van der Waals surface area (Å²) in [6.07, 6.45) is 0. The number of urea groups is 1. The lowest BCUT2D eigenvalue weighted by Gasteiger charge is -2.26. The van der Waals surface area contributed by atoms with Crippen LogP contribution in [0.15, 0.2) is 24.3 Å². The van der Waals surface area contributed by atoms with Crippen LogP contribution in [0, 0.1) is 11.8 Å². The number of hydrogen-bond acceptors (Lipinski definition) is 2. The average molecular weight is 291 g/mol. The van der Waals surface area contributed by atoms with Crippen molar-refractivity contribution in [3.8, 4) is 0 Å². The van der Waals surface area contributed by atoms with E-state index in [0.717, 1.165) is 24.3 Å². The van der Waals surface area contributed by atoms with Crippen LogP contribution < -0.4 is 11.1 Å². The molecule has 3 N–H and O–H groups in total. The maximum absolute atomic E-state index is 12.4. The smallest absolute Gasteiger partial charge is 0.321 e. The molecule has 1 atom stereocenters. The summed E-state index contributed by atoms with van der Waals surface area (Å²) in [5.74, 6) is 0.898. The minimum absolute atomic E-state index is 0.0377. The molecule has 2 amide bonds. The highest BCUT2D eigenvalue weighted by molar-refractivity contribution is 5.89. The van der Waals surface area contributed by atoms with Crippen molar-refractivity contribution in [2.24, 2.45) is 17.6 Å². The van der Waals surface area contributed by atoms with E-state index in [-0.39, 0.29) is 12.1 Å². The molecule has 0 radical (unpaired) electrons. The van der Waals surface area contributed by atoms with Gasteiger partial charge in [-0.3, -0.25) is 0 Å². The van der Waals surface area contributed by atoms with E-state index >= 15 is 0 Å². The van der Waals surface area contributed by atoms with E-state index in [0.29, 0.717) is 11.8 Å². The zero-order chi connectivity index (χ0) is 16.0. The molecular weight excluding hydrogens is 262 g/mol. The Morgan fingerprint density at radius 1 is 1.14 bits per heavy atom. The molecule has 1 aromatic carbocycles. The van der Waals surface area contributed by atoms with Gasteiger partial charge in [-0.15, -0.1) is 0 Å². The highest BCUT2D eigenvalue weighted by Gasteiger charge is 2.16. The van der Waals surface area contributed by atoms with E-state index in [4.69, 9.17) is 5.73 Å². The van der Waals surface area contributed by atoms with Crippen LogP contribution in [0.2, 0.25) is 0 Å². The van der Waals surface area contributed by atoms with Crippen molar-refractivity contribution in [1.82, 2.24) is 4.90 Å². The summed E-state index contributed by atoms with van der Waals surface area (Å²) >= 11 is 0. The fourth-order valence-electron chi connectivity index (χ4n) is 2.22. The third-order valence-electron chi connectivity index (χ3n) is 3.12. The van der Waals surface area contributed by atoms with Crippen LogP contribution in [0.4, 0.5) is 10.5 Å². The summed E-state index contributed by atoms with van der Waals surface area (Å²) in [6, 6.07) is 7.64. The summed E-state index contributed by atoms with van der Waals surface area (Å²) in [6.45, 7) is 11.9. The maximum atomic E-state index is 12.4. The normalized spacial score (nSPS) is 12.6. The first-order valence-electron chi connectivity index (χ1n) is 7.71. The second-order valence-electron chi connectivity index (χ2n) is 6.54. The lowest BCUT2D eigenvalue weighted by molar-refractivity contribution is 0.196. The number of nitrogens with two attached hydrogens (primary N) is 1. The van der Waals surface area contributed by atoms with E-state index in [1.165, 1.54) is 0 Å². The van der Waals surface area contributed by atoms with E-state index < -0.39 is 0 Å². The zero-order valence-corrected chi connectivity index (χ0v) is 13.9. The first-order valence-corrected chi connectivity index (χ1v) is 7.71. The number of hydrogen-bond donors (Lipinski definition) is 2. The number of benzene rings is 1. The van der Waals surface area contributed by atoms with E-state index in [9.17, 15) is 4.79 Å². The molecule has 1 unspecified atom stereocenters. The van der Waals surface area contributed by atoms with Gasteiger partial charge in [-0.2, -0.15) is 0 Å². The predicted molar refractivity (Wildman–Crippen MR) is 89.3 cm³/mol. The van der Waals surface area contributed by atoms with Crippen LogP contribution in [0.3, 0.4) is 0 Å². The van der Waals surface area contributed by atoms with Gasteiger partial charge >= 0.3 is 6.03 Å². The number of anilines is 1. The van der Waals surface area contributed by atoms with Crippen LogP contribution in [-0.2, 0) is 0 Å². The van der Waals surface area contributed by atoms with Crippen molar-refractivity contribution >= 4 is 11.7 Å². The van der Waals surface area contributed by atoms with Crippen LogP contribution in [0.5, 0.6) is 0 Å². The third kappa shape index (κ3) is 6.17. The fraction of sp³-hybridized carbons (Fsp3) is 0.588. The van der Waals surface area contributed by atoms with Gasteiger partial charge in [-0.25, -0.2) is 4.79 Å². The number of carbonyl (C=O) groups excluding carboxylic acids is 1. The Hall–Kier alpha value is -1.55. The van der Waals surface area contributed by atoms with Crippen LogP contribution >= 0.6 is 0 Å². The van der Waals surface area contributed by atoms with Crippen LogP contribution in [-0.4, -0.2) is 24.0 Å². The van der Waals surface area contributed by atoms with Crippen molar-refractivity contribution in [2.45, 2.75) is 40.7 Å². The number of carbonyl (C=O) groups is 1. The van der Waals surface area contributed by atoms with Crippen LogP contribution in [0.25, 0.3) is 0 Å². The third-order valence-corrected chi connectivity index (χ3v) is 3.12. The molecule has 0 heterocycles. The molecule has 0 aliphatic heterocycles. The Kier molecular flexibility index (Phi) is 6.69. The van der Waals surface area contributed by atoms with Gasteiger partial charge < -0.3 is 16.0 Å². The molecule has 0 aliphatic rings. The minimum atomic E-state index is -0.0424. The molecule has 0 aromatic heterocycles. The molecule has 0 bridgehead atoms. The highest BCUT2D eigenvalue weighted by atomic mass is 16.2. The van der Waals surface area contributed by atoms with E-state index in [2.05, 4.69) is 33.0 Å². The van der Waals surface area contributed by atoms with Crippen molar-refractivity contribution in [3.05, 3.63) is 29.8 Å². The zero-order valence-electron chi connectivity index (χ0n) is 13.9. The van der Waals surface area contributed by atoms with Gasteiger partial charge in [0, 0.05) is 24.8 Å². The summed E-state index contributed by atoms with van der Waals surface area (Å²) < 4.78 is 0. The lowest BCUT2D eigenvalue weighted by atomic mass is 10.1. The first kappa shape index (κ1) is 17.5. The van der Waals surface area contributed by atoms with Gasteiger partial charge in [0.1, 0.15) is 0 Å². The quantitative estimate of drug-likeness (QED) is 0.836. The molecule has 1 rings (SSSR count). The summed E-state index contributed by atoms with van der Waals surface area (Å²) in [5, 5.41) is 2.98. The number of amides is 2. The summed E-state index contributed by atoms with van der Waals surface area (Å²) in [5.41, 5.74) is 7.70. The molecular formula is C17H29N3O. The Morgan fingerprint density at radius 2 is 1.71 bits per heavy atom. The Balaban J connectivity index is 2.78. The van der Waals surface area contributed by atoms with Gasteiger partial charge in [-0.05, 0) is 36.5 Å². The SMILES string of the molecule is CC(C)CN(CC(C)C)C(=O)Nc1cccc(C(C)N)c1. The molecule has 0 aliphatic carbocycles. The van der Waals surface area contributed by atoms with Crippen molar-refractivity contribution < 1.29 is 4.79 Å². The fourth-order valence-corrected chi connectivity index (χ4v) is 2.22. The molecule has 4 nitrogen and oxygen atoms in total. The summed E-state index contributed by atoms with van der Waals surface area (Å²) in [4.78, 5) is 14.3. The molecule has 0 spiro atoms. The van der Waals surface area contributed by atoms with Crippen LogP contribution in [0.1, 0.15) is 46.2 Å². The van der Waals surface area contributed by atoms with Crippen molar-refractivity contribution in [2.75, 3.05) is 18.4 Å². The first-order chi connectivity index (χ1) is 9.79. The molecule has 4 heteroatoms. The van der Waals surface area contributed by atoms with Gasteiger partial charge in [0.15, 0.2) is 0 Å². The van der Waals surface area contributed by atoms with E-state index in [1.807, 2.05) is 36.1 Å². The second kappa shape index (κ2) is 8.03. The number of nitrogens with zero attached hydrogens (tertiary/aromatic N) is 1. The minimum Gasteiger partial charge on any atom is -0.324 e. The number of rotatable bonds is 6. The predicted octanol–water partition coefficient (Wildman–Crippen LogP) is 3.85. The largest absolute Gasteiger partial charge is 0.324 e. The van der Waals surface area contributed by atoms with Gasteiger partial charge in [0.25, 0.3) is 0 Å². The second-order valence-corrected chi connectivity index (χ2v) is 6.54. The topological polar surface area (TPSA) is 58.4 Å². The molecule has 21 heavy (non-hydrogen) atoms. The average Bonchev–Trinajstić information content (AvgIpc) is 2.37. The van der Waals surface area contributed by atoms with Crippen molar-refractivity contribution in [1.29, 1.82) is 0 Å². The van der Waals surface area contributed by atoms with E-state index in [1.54, 1.807) is 0 Å². The Bertz CT molecular complexity index is 445. The summed E-state index contributed by atoms with van der Waals surface area (Å²) in [7, 11) is 0. The molecule has 0 fully saturated rings.